The maximum absolute atomic E-state index is 13.0. The highest BCUT2D eigenvalue weighted by molar-refractivity contribution is 7.91. The van der Waals surface area contributed by atoms with Gasteiger partial charge in [-0.25, -0.2) is 13.4 Å². The topological polar surface area (TPSA) is 73.7 Å². The van der Waals surface area contributed by atoms with Crippen LogP contribution in [0.4, 0.5) is 0 Å². The van der Waals surface area contributed by atoms with Crippen LogP contribution in [-0.4, -0.2) is 68.1 Å². The molecule has 4 rings (SSSR count). The lowest BCUT2D eigenvalue weighted by molar-refractivity contribution is -0.0964. The first-order chi connectivity index (χ1) is 14.0. The quantitative estimate of drug-likeness (QED) is 0.605. The second kappa shape index (κ2) is 9.45. The molecule has 7 nitrogen and oxygen atoms in total. The van der Waals surface area contributed by atoms with E-state index in [-0.39, 0.29) is 17.0 Å². The number of likely N-dealkylation sites (N-methyl/N-ethyl adjacent to an activating group) is 1. The molecule has 1 aromatic heterocycles. The molecule has 2 aliphatic carbocycles. The molecule has 0 amide bonds. The van der Waals surface area contributed by atoms with E-state index in [0.717, 1.165) is 31.6 Å². The molecule has 3 fully saturated rings. The molecular weight excluding hydrogens is 390 g/mol. The van der Waals surface area contributed by atoms with Gasteiger partial charge in [0.05, 0.1) is 43.6 Å². The van der Waals surface area contributed by atoms with E-state index in [9.17, 15) is 8.42 Å². The Kier molecular flexibility index (Phi) is 6.94. The highest BCUT2D eigenvalue weighted by Gasteiger charge is 2.33. The van der Waals surface area contributed by atoms with Gasteiger partial charge in [-0.1, -0.05) is 19.3 Å². The fourth-order valence-electron chi connectivity index (χ4n) is 4.59. The molecule has 1 aromatic rings. The zero-order valence-electron chi connectivity index (χ0n) is 17.6. The van der Waals surface area contributed by atoms with Gasteiger partial charge in [0.25, 0.3) is 0 Å². The molecule has 0 aromatic carbocycles. The van der Waals surface area contributed by atoms with Crippen LogP contribution in [0.2, 0.25) is 0 Å². The van der Waals surface area contributed by atoms with Crippen LogP contribution >= 0.6 is 0 Å². The molecule has 8 heteroatoms. The van der Waals surface area contributed by atoms with Crippen LogP contribution in [0.15, 0.2) is 11.4 Å². The maximum Gasteiger partial charge on any atom is 0.227 e. The van der Waals surface area contributed by atoms with E-state index in [1.165, 1.54) is 32.1 Å². The third-order valence-corrected chi connectivity index (χ3v) is 8.12. The fraction of sp³-hybridized carbons (Fsp3) is 0.857. The molecule has 0 bridgehead atoms. The molecule has 0 radical (unpaired) electrons. The maximum atomic E-state index is 13.0. The SMILES string of the molecule is CN(Cc1cnc(S(=O)(=O)CC2CC2)n1CC1CCCCC1)C[C@@H]1COCCO1. The van der Waals surface area contributed by atoms with Gasteiger partial charge in [-0.3, -0.25) is 4.90 Å². The predicted octanol–water partition coefficient (Wildman–Crippen LogP) is 2.49. The zero-order valence-corrected chi connectivity index (χ0v) is 18.4. The number of ether oxygens (including phenoxy) is 2. The Hall–Kier alpha value is -0.960. The minimum atomic E-state index is -3.33. The molecule has 0 unspecified atom stereocenters. The first-order valence-electron chi connectivity index (χ1n) is 11.2. The monoisotopic (exact) mass is 425 g/mol. The molecule has 1 aliphatic heterocycles. The van der Waals surface area contributed by atoms with Crippen LogP contribution in [0.5, 0.6) is 0 Å². The summed E-state index contributed by atoms with van der Waals surface area (Å²) < 4.78 is 39.3. The average Bonchev–Trinajstić information content (AvgIpc) is 3.42. The Labute approximate surface area is 174 Å². The van der Waals surface area contributed by atoms with Crippen molar-refractivity contribution < 1.29 is 17.9 Å². The van der Waals surface area contributed by atoms with Crippen LogP contribution in [0.1, 0.15) is 50.6 Å². The number of nitrogens with zero attached hydrogens (tertiary/aromatic N) is 3. The smallest absolute Gasteiger partial charge is 0.227 e. The highest BCUT2D eigenvalue weighted by atomic mass is 32.2. The Morgan fingerprint density at radius 3 is 2.62 bits per heavy atom. The van der Waals surface area contributed by atoms with Gasteiger partial charge in [0.1, 0.15) is 0 Å². The van der Waals surface area contributed by atoms with E-state index in [4.69, 9.17) is 9.47 Å². The van der Waals surface area contributed by atoms with Crippen molar-refractivity contribution in [1.29, 1.82) is 0 Å². The summed E-state index contributed by atoms with van der Waals surface area (Å²) in [6.45, 7) is 4.12. The number of hydrogen-bond donors (Lipinski definition) is 0. The van der Waals surface area contributed by atoms with Crippen molar-refractivity contribution in [2.45, 2.75) is 69.3 Å². The third kappa shape index (κ3) is 5.81. The van der Waals surface area contributed by atoms with Crippen molar-refractivity contribution in [2.75, 3.05) is 39.2 Å². The van der Waals surface area contributed by atoms with Crippen LogP contribution in [-0.2, 0) is 32.4 Å². The first kappa shape index (κ1) is 21.3. The van der Waals surface area contributed by atoms with Crippen molar-refractivity contribution in [2.24, 2.45) is 11.8 Å². The van der Waals surface area contributed by atoms with Crippen LogP contribution in [0.3, 0.4) is 0 Å². The second-order valence-electron chi connectivity index (χ2n) is 9.14. The van der Waals surface area contributed by atoms with Gasteiger partial charge in [-0.05, 0) is 44.6 Å². The first-order valence-corrected chi connectivity index (χ1v) is 12.8. The van der Waals surface area contributed by atoms with E-state index in [2.05, 4.69) is 9.88 Å². The summed E-state index contributed by atoms with van der Waals surface area (Å²) in [6, 6.07) is 0. The van der Waals surface area contributed by atoms with Crippen molar-refractivity contribution in [3.63, 3.8) is 0 Å². The molecular formula is C21H35N3O4S. The van der Waals surface area contributed by atoms with E-state index in [1.54, 1.807) is 6.20 Å². The molecule has 0 spiro atoms. The summed E-state index contributed by atoms with van der Waals surface area (Å²) in [5.41, 5.74) is 0.990. The normalized spacial score (nSPS) is 24.3. The van der Waals surface area contributed by atoms with Crippen LogP contribution < -0.4 is 0 Å². The number of sulfone groups is 1. The summed E-state index contributed by atoms with van der Waals surface area (Å²) in [7, 11) is -1.28. The van der Waals surface area contributed by atoms with Crippen molar-refractivity contribution in [3.8, 4) is 0 Å². The largest absolute Gasteiger partial charge is 0.376 e. The Balaban J connectivity index is 1.50. The van der Waals surface area contributed by atoms with E-state index >= 15 is 0 Å². The van der Waals surface area contributed by atoms with Gasteiger partial charge in [0.15, 0.2) is 0 Å². The molecule has 2 saturated carbocycles. The van der Waals surface area contributed by atoms with Crippen molar-refractivity contribution in [1.82, 2.24) is 14.5 Å². The lowest BCUT2D eigenvalue weighted by Crippen LogP contribution is -2.38. The number of rotatable bonds is 9. The van der Waals surface area contributed by atoms with Gasteiger partial charge in [-0.2, -0.15) is 0 Å². The van der Waals surface area contributed by atoms with Crippen molar-refractivity contribution in [3.05, 3.63) is 11.9 Å². The van der Waals surface area contributed by atoms with E-state index in [0.29, 0.717) is 38.2 Å². The molecule has 0 N–H and O–H groups in total. The lowest BCUT2D eigenvalue weighted by atomic mass is 9.89. The zero-order chi connectivity index (χ0) is 20.3. The number of imidazole rings is 1. The Morgan fingerprint density at radius 1 is 1.14 bits per heavy atom. The van der Waals surface area contributed by atoms with Crippen LogP contribution in [0.25, 0.3) is 0 Å². The third-order valence-electron chi connectivity index (χ3n) is 6.33. The Morgan fingerprint density at radius 2 is 1.93 bits per heavy atom. The van der Waals surface area contributed by atoms with E-state index in [1.807, 2.05) is 11.6 Å². The lowest BCUT2D eigenvalue weighted by Gasteiger charge is -2.28. The van der Waals surface area contributed by atoms with Gasteiger partial charge in [0, 0.05) is 19.6 Å². The van der Waals surface area contributed by atoms with Gasteiger partial charge in [-0.15, -0.1) is 0 Å². The van der Waals surface area contributed by atoms with Gasteiger partial charge < -0.3 is 14.0 Å². The Bertz CT molecular complexity index is 763. The minimum absolute atomic E-state index is 0.0709. The van der Waals surface area contributed by atoms with Gasteiger partial charge in [0.2, 0.25) is 15.0 Å². The number of aromatic nitrogens is 2. The van der Waals surface area contributed by atoms with Crippen LogP contribution in [0, 0.1) is 11.8 Å². The summed E-state index contributed by atoms with van der Waals surface area (Å²) in [4.78, 5) is 6.61. The molecule has 3 aliphatic rings. The summed E-state index contributed by atoms with van der Waals surface area (Å²) in [6.07, 6.45) is 10.1. The molecule has 29 heavy (non-hydrogen) atoms. The molecule has 1 saturated heterocycles. The van der Waals surface area contributed by atoms with E-state index < -0.39 is 9.84 Å². The van der Waals surface area contributed by atoms with Gasteiger partial charge >= 0.3 is 0 Å². The fourth-order valence-corrected chi connectivity index (χ4v) is 6.43. The standard InChI is InChI=1S/C21H35N3O4S/c1-23(14-20-15-27-9-10-28-20)13-19-11-22-21(29(25,26)16-18-7-8-18)24(19)12-17-5-3-2-4-6-17/h11,17-18,20H,2-10,12-16H2,1H3/t20-/m1/s1. The molecule has 1 atom stereocenters. The molecule has 2 heterocycles. The predicted molar refractivity (Wildman–Crippen MR) is 110 cm³/mol. The summed E-state index contributed by atoms with van der Waals surface area (Å²) in [5.74, 6) is 1.12. The summed E-state index contributed by atoms with van der Waals surface area (Å²) >= 11 is 0. The van der Waals surface area contributed by atoms with Crippen molar-refractivity contribution >= 4 is 9.84 Å². The minimum Gasteiger partial charge on any atom is -0.376 e. The average molecular weight is 426 g/mol. The second-order valence-corrected chi connectivity index (χ2v) is 11.1. The summed E-state index contributed by atoms with van der Waals surface area (Å²) in [5, 5.41) is 0.288. The molecule has 164 valence electrons. The number of hydrogen-bond acceptors (Lipinski definition) is 6. The highest BCUT2D eigenvalue weighted by Crippen LogP contribution is 2.33.